The zero-order valence-electron chi connectivity index (χ0n) is 4.94. The number of rotatable bonds is 0. The Labute approximate surface area is 106 Å². The van der Waals surface area contributed by atoms with Gasteiger partial charge in [-0.25, -0.2) is 4.98 Å². The second-order valence-corrected chi connectivity index (χ2v) is 2.04. The van der Waals surface area contributed by atoms with Crippen molar-refractivity contribution >= 4 is 74.6 Å². The number of nitrogens with zero attached hydrogens (tertiary/aromatic N) is 1. The van der Waals surface area contributed by atoms with Gasteiger partial charge in [0.05, 0.1) is 5.02 Å². The van der Waals surface area contributed by atoms with Crippen LogP contribution in [0.3, 0.4) is 0 Å². The van der Waals surface area contributed by atoms with Crippen molar-refractivity contribution in [3.63, 3.8) is 0 Å². The van der Waals surface area contributed by atoms with E-state index in [2.05, 4.69) is 4.98 Å². The molecule has 0 unspecified atom stereocenters. The Kier molecular flexibility index (Phi) is 5.85. The van der Waals surface area contributed by atoms with Crippen molar-refractivity contribution in [1.82, 2.24) is 4.98 Å². The second-order valence-electron chi connectivity index (χ2n) is 1.28. The summed E-state index contributed by atoms with van der Waals surface area (Å²) in [5.41, 5.74) is 0. The van der Waals surface area contributed by atoms with E-state index in [1.54, 1.807) is 18.3 Å². The first kappa shape index (κ1) is 10.4. The largest absolute Gasteiger partial charge is 0.243 e. The number of hydrogen-bond acceptors (Lipinski definition) is 1. The van der Waals surface area contributed by atoms with Crippen molar-refractivity contribution in [2.24, 2.45) is 0 Å². The van der Waals surface area contributed by atoms with Crippen LogP contribution in [-0.2, 0) is 0 Å². The molecule has 0 amide bonds. The van der Waals surface area contributed by atoms with Crippen molar-refractivity contribution in [3.8, 4) is 0 Å². The van der Waals surface area contributed by atoms with Crippen LogP contribution in [0.5, 0.6) is 0 Å². The molecule has 0 atom stereocenters. The maximum atomic E-state index is 5.51. The molecule has 9 heavy (non-hydrogen) atoms. The summed E-state index contributed by atoms with van der Waals surface area (Å²) in [5, 5.41) is 0.850. The molecular weight excluding hydrogens is 184 g/mol. The van der Waals surface area contributed by atoms with E-state index in [0.29, 0.717) is 10.2 Å². The first-order chi connectivity index (χ1) is 3.80. The summed E-state index contributed by atoms with van der Waals surface area (Å²) in [6.45, 7) is 0. The maximum absolute atomic E-state index is 5.51. The van der Waals surface area contributed by atoms with Gasteiger partial charge in [-0.2, -0.15) is 0 Å². The summed E-state index contributed by atoms with van der Waals surface area (Å²) in [7, 11) is 0. The molecule has 0 aliphatic rings. The molecule has 0 spiro atoms. The second kappa shape index (κ2) is 5.07. The van der Waals surface area contributed by atoms with E-state index in [9.17, 15) is 0 Å². The van der Waals surface area contributed by atoms with Crippen molar-refractivity contribution < 1.29 is 0 Å². The number of aromatic nitrogens is 1. The number of halogens is 2. The van der Waals surface area contributed by atoms with Gasteiger partial charge in [0.25, 0.3) is 0 Å². The standard InChI is InChI=1S/C5H3Cl2N.K/c6-4-2-1-3-8-5(4)7;/h1-3H;. The topological polar surface area (TPSA) is 12.9 Å². The third kappa shape index (κ3) is 3.32. The maximum Gasteiger partial charge on any atom is 0.147 e. The van der Waals surface area contributed by atoms with E-state index < -0.39 is 0 Å². The molecule has 1 aromatic heterocycles. The van der Waals surface area contributed by atoms with Crippen molar-refractivity contribution in [3.05, 3.63) is 28.5 Å². The SMILES string of the molecule is Clc1cccnc1Cl.[K]. The van der Waals surface area contributed by atoms with Gasteiger partial charge in [0.1, 0.15) is 5.15 Å². The molecule has 1 heterocycles. The van der Waals surface area contributed by atoms with E-state index in [0.717, 1.165) is 0 Å². The van der Waals surface area contributed by atoms with Gasteiger partial charge in [0.2, 0.25) is 0 Å². The molecule has 0 N–H and O–H groups in total. The molecule has 0 bridgehead atoms. The summed E-state index contributed by atoms with van der Waals surface area (Å²) < 4.78 is 0. The molecule has 0 fully saturated rings. The van der Waals surface area contributed by atoms with Crippen molar-refractivity contribution in [2.75, 3.05) is 0 Å². The summed E-state index contributed by atoms with van der Waals surface area (Å²) >= 11 is 11.0. The van der Waals surface area contributed by atoms with E-state index in [1.165, 1.54) is 0 Å². The fourth-order valence-electron chi connectivity index (χ4n) is 0.366. The van der Waals surface area contributed by atoms with Crippen LogP contribution in [0.1, 0.15) is 0 Å². The minimum atomic E-state index is 0. The molecule has 1 aromatic rings. The molecule has 0 aromatic carbocycles. The van der Waals surface area contributed by atoms with E-state index in [1.807, 2.05) is 0 Å². The van der Waals surface area contributed by atoms with Crippen LogP contribution in [0.2, 0.25) is 10.2 Å². The van der Waals surface area contributed by atoms with Crippen LogP contribution >= 0.6 is 23.2 Å². The third-order valence-corrected chi connectivity index (χ3v) is 1.42. The van der Waals surface area contributed by atoms with Gasteiger partial charge in [0.15, 0.2) is 0 Å². The average molecular weight is 187 g/mol. The van der Waals surface area contributed by atoms with Gasteiger partial charge in [0, 0.05) is 57.6 Å². The summed E-state index contributed by atoms with van der Waals surface area (Å²) in [4.78, 5) is 3.71. The Balaban J connectivity index is 0.000000640. The molecular formula is C5H3Cl2KN. The third-order valence-electron chi connectivity index (χ3n) is 0.714. The molecule has 0 saturated heterocycles. The van der Waals surface area contributed by atoms with Gasteiger partial charge in [-0.3, -0.25) is 0 Å². The summed E-state index contributed by atoms with van der Waals surface area (Å²) in [6.07, 6.45) is 1.59. The van der Waals surface area contributed by atoms with Crippen LogP contribution in [0.15, 0.2) is 18.3 Å². The first-order valence-corrected chi connectivity index (χ1v) is 2.82. The number of hydrogen-bond donors (Lipinski definition) is 0. The van der Waals surface area contributed by atoms with Gasteiger partial charge in [-0.05, 0) is 12.1 Å². The Hall–Kier alpha value is 1.37. The molecule has 0 aliphatic heterocycles. The van der Waals surface area contributed by atoms with Crippen LogP contribution in [-0.4, -0.2) is 56.4 Å². The van der Waals surface area contributed by atoms with Gasteiger partial charge in [-0.15, -0.1) is 0 Å². The predicted octanol–water partition coefficient (Wildman–Crippen LogP) is 2.01. The predicted molar refractivity (Wildman–Crippen MR) is 40.0 cm³/mol. The van der Waals surface area contributed by atoms with Gasteiger partial charge in [-0.1, -0.05) is 23.2 Å². The number of pyridine rings is 1. The van der Waals surface area contributed by atoms with Crippen molar-refractivity contribution in [2.45, 2.75) is 0 Å². The van der Waals surface area contributed by atoms with Crippen LogP contribution in [0.4, 0.5) is 0 Å². The van der Waals surface area contributed by atoms with Crippen LogP contribution in [0.25, 0.3) is 0 Å². The Morgan fingerprint density at radius 2 is 2.00 bits per heavy atom. The summed E-state index contributed by atoms with van der Waals surface area (Å²) in [5.74, 6) is 0. The molecule has 1 radical (unpaired) electrons. The van der Waals surface area contributed by atoms with Crippen molar-refractivity contribution in [1.29, 1.82) is 0 Å². The van der Waals surface area contributed by atoms with E-state index in [-0.39, 0.29) is 51.4 Å². The molecule has 4 heteroatoms. The van der Waals surface area contributed by atoms with Gasteiger partial charge >= 0.3 is 0 Å². The van der Waals surface area contributed by atoms with E-state index in [4.69, 9.17) is 23.2 Å². The molecule has 0 saturated carbocycles. The Morgan fingerprint density at radius 1 is 1.33 bits per heavy atom. The molecule has 1 nitrogen and oxygen atoms in total. The fraction of sp³-hybridized carbons (Fsp3) is 0. The zero-order valence-corrected chi connectivity index (χ0v) is 9.57. The van der Waals surface area contributed by atoms with Crippen LogP contribution < -0.4 is 0 Å². The van der Waals surface area contributed by atoms with Crippen LogP contribution in [0, 0.1) is 0 Å². The zero-order chi connectivity index (χ0) is 5.98. The van der Waals surface area contributed by atoms with Gasteiger partial charge < -0.3 is 0 Å². The normalized spacial score (nSPS) is 8.22. The molecule has 0 aliphatic carbocycles. The quantitative estimate of drug-likeness (QED) is 0.447. The summed E-state index contributed by atoms with van der Waals surface area (Å²) in [6, 6.07) is 3.42. The minimum absolute atomic E-state index is 0. The molecule has 43 valence electrons. The monoisotopic (exact) mass is 186 g/mol. The minimum Gasteiger partial charge on any atom is -0.243 e. The Bertz CT molecular complexity index is 171. The smallest absolute Gasteiger partial charge is 0.147 e. The fourth-order valence-corrected chi connectivity index (χ4v) is 0.607. The van der Waals surface area contributed by atoms with E-state index >= 15 is 0 Å². The first-order valence-electron chi connectivity index (χ1n) is 2.07. The average Bonchev–Trinajstić information content (AvgIpc) is 1.77. The molecule has 1 rings (SSSR count). The Morgan fingerprint density at radius 3 is 2.33 bits per heavy atom.